The minimum Gasteiger partial charge on any atom is -0.489 e. The molecule has 0 aliphatic carbocycles. The first-order valence-electron chi connectivity index (χ1n) is 11.3. The number of rotatable bonds is 8. The van der Waals surface area contributed by atoms with Crippen molar-refractivity contribution in [3.05, 3.63) is 89.5 Å². The number of carbonyl (C=O) groups is 1. The Morgan fingerprint density at radius 3 is 2.51 bits per heavy atom. The molecule has 0 radical (unpaired) electrons. The number of alkyl halides is 3. The molecule has 37 heavy (non-hydrogen) atoms. The number of halogens is 4. The summed E-state index contributed by atoms with van der Waals surface area (Å²) in [7, 11) is -3.97. The number of carbonyl (C=O) groups excluding carboxylic acids is 1. The standard InChI is InChI=1S/C25H23F4N3O4S/c26-19-7-9-21(10-8-19)37(34,35)32-12-2-5-22(32)24(33)31-14-17-3-1-4-20(13-17)36-16-18-6-11-23(30-15-18)25(27,28)29/h1,3-4,6-11,13,15,22H,2,5,12,14,16H2,(H,31,33)/t22-/m0/s1. The van der Waals surface area contributed by atoms with Crippen LogP contribution in [0.1, 0.15) is 29.7 Å². The summed E-state index contributed by atoms with van der Waals surface area (Å²) in [6, 6.07) is 12.5. The van der Waals surface area contributed by atoms with Crippen LogP contribution in [0.15, 0.2) is 71.8 Å². The number of sulfonamides is 1. The van der Waals surface area contributed by atoms with Gasteiger partial charge in [0.15, 0.2) is 0 Å². The molecule has 1 aromatic heterocycles. The molecule has 7 nitrogen and oxygen atoms in total. The van der Waals surface area contributed by atoms with Crippen LogP contribution in [0.4, 0.5) is 17.6 Å². The number of hydrogen-bond donors (Lipinski definition) is 1. The van der Waals surface area contributed by atoms with Gasteiger partial charge in [0, 0.05) is 24.8 Å². The highest BCUT2D eigenvalue weighted by Gasteiger charge is 2.39. The molecule has 0 saturated carbocycles. The summed E-state index contributed by atoms with van der Waals surface area (Å²) in [6.07, 6.45) is -2.55. The normalized spacial score (nSPS) is 16.5. The maximum atomic E-state index is 13.2. The summed E-state index contributed by atoms with van der Waals surface area (Å²) in [6.45, 7) is 0.290. The zero-order valence-corrected chi connectivity index (χ0v) is 20.2. The van der Waals surface area contributed by atoms with Crippen molar-refractivity contribution in [2.45, 2.75) is 43.1 Å². The Bertz CT molecular complexity index is 1350. The van der Waals surface area contributed by atoms with Gasteiger partial charge in [-0.2, -0.15) is 17.5 Å². The fourth-order valence-electron chi connectivity index (χ4n) is 3.93. The van der Waals surface area contributed by atoms with Gasteiger partial charge in [-0.05, 0) is 60.9 Å². The van der Waals surface area contributed by atoms with Crippen molar-refractivity contribution in [3.8, 4) is 5.75 Å². The lowest BCUT2D eigenvalue weighted by Gasteiger charge is -2.23. The zero-order valence-electron chi connectivity index (χ0n) is 19.4. The fourth-order valence-corrected chi connectivity index (χ4v) is 5.58. The molecular formula is C25H23F4N3O4S. The van der Waals surface area contributed by atoms with E-state index in [-0.39, 0.29) is 24.6 Å². The molecule has 1 saturated heterocycles. The monoisotopic (exact) mass is 537 g/mol. The molecule has 1 aliphatic rings. The van der Waals surface area contributed by atoms with Crippen LogP contribution in [0.3, 0.4) is 0 Å². The average Bonchev–Trinajstić information content (AvgIpc) is 3.38. The van der Waals surface area contributed by atoms with Gasteiger partial charge in [-0.25, -0.2) is 12.8 Å². The third-order valence-corrected chi connectivity index (χ3v) is 7.73. The van der Waals surface area contributed by atoms with Crippen molar-refractivity contribution in [1.29, 1.82) is 0 Å². The number of nitrogens with one attached hydrogen (secondary N) is 1. The zero-order chi connectivity index (χ0) is 26.6. The molecule has 3 aromatic rings. The molecular weight excluding hydrogens is 514 g/mol. The van der Waals surface area contributed by atoms with Crippen molar-refractivity contribution in [2.24, 2.45) is 0 Å². The minimum atomic E-state index is -4.52. The van der Waals surface area contributed by atoms with Crippen molar-refractivity contribution in [1.82, 2.24) is 14.6 Å². The lowest BCUT2D eigenvalue weighted by Crippen LogP contribution is -2.45. The van der Waals surface area contributed by atoms with Crippen molar-refractivity contribution in [3.63, 3.8) is 0 Å². The van der Waals surface area contributed by atoms with E-state index < -0.39 is 39.7 Å². The van der Waals surface area contributed by atoms with Crippen LogP contribution in [-0.4, -0.2) is 36.2 Å². The third-order valence-electron chi connectivity index (χ3n) is 5.81. The van der Waals surface area contributed by atoms with Crippen LogP contribution in [0.2, 0.25) is 0 Å². The van der Waals surface area contributed by atoms with E-state index in [1.165, 1.54) is 18.2 Å². The molecule has 1 atom stereocenters. The smallest absolute Gasteiger partial charge is 0.433 e. The number of benzene rings is 2. The summed E-state index contributed by atoms with van der Waals surface area (Å²) in [5, 5.41) is 2.75. The molecule has 0 unspecified atom stereocenters. The maximum absolute atomic E-state index is 13.2. The quantitative estimate of drug-likeness (QED) is 0.434. The van der Waals surface area contributed by atoms with Gasteiger partial charge in [-0.1, -0.05) is 18.2 Å². The molecule has 0 spiro atoms. The highest BCUT2D eigenvalue weighted by Crippen LogP contribution is 2.28. The third kappa shape index (κ3) is 6.44. The van der Waals surface area contributed by atoms with E-state index in [2.05, 4.69) is 10.3 Å². The molecule has 2 aromatic carbocycles. The second kappa shape index (κ2) is 10.9. The molecule has 0 bridgehead atoms. The molecule has 12 heteroatoms. The summed E-state index contributed by atoms with van der Waals surface area (Å²) >= 11 is 0. The Hall–Kier alpha value is -3.51. The summed E-state index contributed by atoms with van der Waals surface area (Å²) in [4.78, 5) is 16.2. The minimum absolute atomic E-state index is 0.000765. The molecule has 2 heterocycles. The predicted octanol–water partition coefficient (Wildman–Crippen LogP) is 4.29. The van der Waals surface area contributed by atoms with Crippen molar-refractivity contribution >= 4 is 15.9 Å². The van der Waals surface area contributed by atoms with Crippen LogP contribution < -0.4 is 10.1 Å². The predicted molar refractivity (Wildman–Crippen MR) is 125 cm³/mol. The molecule has 1 aliphatic heterocycles. The lowest BCUT2D eigenvalue weighted by molar-refractivity contribution is -0.141. The first-order chi connectivity index (χ1) is 17.5. The Labute approximate surface area is 211 Å². The second-order valence-corrected chi connectivity index (χ2v) is 10.3. The van der Waals surface area contributed by atoms with Gasteiger partial charge in [-0.15, -0.1) is 0 Å². The average molecular weight is 538 g/mol. The van der Waals surface area contributed by atoms with Gasteiger partial charge in [0.05, 0.1) is 4.90 Å². The van der Waals surface area contributed by atoms with Gasteiger partial charge in [0.2, 0.25) is 15.9 Å². The van der Waals surface area contributed by atoms with Crippen molar-refractivity contribution in [2.75, 3.05) is 6.54 Å². The fraction of sp³-hybridized carbons (Fsp3) is 0.280. The largest absolute Gasteiger partial charge is 0.489 e. The SMILES string of the molecule is O=C(NCc1cccc(OCc2ccc(C(F)(F)F)nc2)c1)[C@@H]1CCCN1S(=O)(=O)c1ccc(F)cc1. The molecule has 1 amide bonds. The number of nitrogens with zero attached hydrogens (tertiary/aromatic N) is 2. The Morgan fingerprint density at radius 2 is 1.84 bits per heavy atom. The van der Waals surface area contributed by atoms with Gasteiger partial charge in [0.1, 0.15) is 29.9 Å². The Balaban J connectivity index is 1.35. The van der Waals surface area contributed by atoms with E-state index in [0.717, 1.165) is 28.7 Å². The maximum Gasteiger partial charge on any atom is 0.433 e. The number of pyridine rings is 1. The molecule has 196 valence electrons. The van der Waals surface area contributed by atoms with Gasteiger partial charge in [-0.3, -0.25) is 9.78 Å². The number of ether oxygens (including phenoxy) is 1. The topological polar surface area (TPSA) is 88.6 Å². The van der Waals surface area contributed by atoms with Crippen LogP contribution in [-0.2, 0) is 34.1 Å². The van der Waals surface area contributed by atoms with Crippen LogP contribution in [0.5, 0.6) is 5.75 Å². The lowest BCUT2D eigenvalue weighted by atomic mass is 10.2. The van der Waals surface area contributed by atoms with Gasteiger partial charge >= 0.3 is 6.18 Å². The van der Waals surface area contributed by atoms with Crippen molar-refractivity contribution < 1.29 is 35.5 Å². The van der Waals surface area contributed by atoms with E-state index in [9.17, 15) is 30.8 Å². The first-order valence-corrected chi connectivity index (χ1v) is 12.8. The summed E-state index contributed by atoms with van der Waals surface area (Å²) in [5.74, 6) is -0.574. The second-order valence-electron chi connectivity index (χ2n) is 8.43. The number of aromatic nitrogens is 1. The molecule has 1 N–H and O–H groups in total. The number of hydrogen-bond acceptors (Lipinski definition) is 5. The van der Waals surface area contributed by atoms with E-state index in [0.29, 0.717) is 29.7 Å². The first kappa shape index (κ1) is 26.6. The highest BCUT2D eigenvalue weighted by molar-refractivity contribution is 7.89. The van der Waals surface area contributed by atoms with Crippen LogP contribution in [0, 0.1) is 5.82 Å². The van der Waals surface area contributed by atoms with Crippen LogP contribution >= 0.6 is 0 Å². The Morgan fingerprint density at radius 1 is 1.08 bits per heavy atom. The van der Waals surface area contributed by atoms with Gasteiger partial charge < -0.3 is 10.1 Å². The van der Waals surface area contributed by atoms with Gasteiger partial charge in [0.25, 0.3) is 0 Å². The van der Waals surface area contributed by atoms with E-state index >= 15 is 0 Å². The number of amides is 1. The van der Waals surface area contributed by atoms with E-state index in [4.69, 9.17) is 4.74 Å². The molecule has 1 fully saturated rings. The summed E-state index contributed by atoms with van der Waals surface area (Å²) < 4.78 is 83.9. The van der Waals surface area contributed by atoms with E-state index in [1.807, 2.05) is 0 Å². The Kier molecular flexibility index (Phi) is 7.79. The highest BCUT2D eigenvalue weighted by atomic mass is 32.2. The van der Waals surface area contributed by atoms with Crippen LogP contribution in [0.25, 0.3) is 0 Å². The summed E-state index contributed by atoms with van der Waals surface area (Å²) in [5.41, 5.74) is 0.151. The van der Waals surface area contributed by atoms with E-state index in [1.54, 1.807) is 24.3 Å². The molecule has 4 rings (SSSR count).